The average Bonchev–Trinajstić information content (AvgIpc) is 3.27. The summed E-state index contributed by atoms with van der Waals surface area (Å²) in [6.07, 6.45) is 0. The number of aromatic nitrogens is 2. The molecule has 3 aromatic heterocycles. The van der Waals surface area contributed by atoms with E-state index in [1.54, 1.807) is 6.07 Å². The molecule has 3 heterocycles. The molecule has 4 rings (SSSR count). The summed E-state index contributed by atoms with van der Waals surface area (Å²) in [5.74, 6) is 0.180. The molecule has 0 saturated heterocycles. The van der Waals surface area contributed by atoms with Crippen LogP contribution in [0.1, 0.15) is 16.2 Å². The molecule has 0 atom stereocenters. The number of rotatable bonds is 4. The van der Waals surface area contributed by atoms with Crippen LogP contribution in [0.5, 0.6) is 0 Å². The van der Waals surface area contributed by atoms with Gasteiger partial charge in [-0.1, -0.05) is 35.0 Å². The SMILES string of the molecule is NC(=O)c1cc2ccccc2n1Cc1cc(-c2ccc(Cl)s2)on1. The van der Waals surface area contributed by atoms with E-state index in [9.17, 15) is 4.79 Å². The fraction of sp³-hybridized carbons (Fsp3) is 0.0588. The van der Waals surface area contributed by atoms with Crippen LogP contribution in [0.25, 0.3) is 21.5 Å². The molecular formula is C17H12ClN3O2S. The van der Waals surface area contributed by atoms with E-state index in [1.807, 2.05) is 47.0 Å². The minimum Gasteiger partial charge on any atom is -0.364 e. The number of hydrogen-bond acceptors (Lipinski definition) is 4. The highest BCUT2D eigenvalue weighted by atomic mass is 35.5. The van der Waals surface area contributed by atoms with Gasteiger partial charge < -0.3 is 14.8 Å². The molecule has 0 aliphatic rings. The number of para-hydroxylation sites is 1. The zero-order valence-electron chi connectivity index (χ0n) is 12.4. The third-order valence-corrected chi connectivity index (χ3v) is 5.00. The van der Waals surface area contributed by atoms with E-state index in [4.69, 9.17) is 21.9 Å². The van der Waals surface area contributed by atoms with Gasteiger partial charge in [-0.05, 0) is 24.3 Å². The molecule has 24 heavy (non-hydrogen) atoms. The van der Waals surface area contributed by atoms with Crippen LogP contribution in [0.3, 0.4) is 0 Å². The summed E-state index contributed by atoms with van der Waals surface area (Å²) >= 11 is 7.38. The van der Waals surface area contributed by atoms with Gasteiger partial charge in [0.2, 0.25) is 0 Å². The van der Waals surface area contributed by atoms with Crippen molar-refractivity contribution in [3.05, 3.63) is 64.3 Å². The highest BCUT2D eigenvalue weighted by Crippen LogP contribution is 2.31. The predicted molar refractivity (Wildman–Crippen MR) is 94.4 cm³/mol. The second kappa shape index (κ2) is 5.81. The summed E-state index contributed by atoms with van der Waals surface area (Å²) < 4.78 is 7.94. The van der Waals surface area contributed by atoms with E-state index >= 15 is 0 Å². The van der Waals surface area contributed by atoms with Crippen molar-refractivity contribution < 1.29 is 9.32 Å². The highest BCUT2D eigenvalue weighted by Gasteiger charge is 2.16. The maximum absolute atomic E-state index is 11.8. The van der Waals surface area contributed by atoms with Crippen LogP contribution in [0.4, 0.5) is 0 Å². The smallest absolute Gasteiger partial charge is 0.265 e. The first-order valence-corrected chi connectivity index (χ1v) is 8.40. The summed E-state index contributed by atoms with van der Waals surface area (Å²) in [6.45, 7) is 0.397. The van der Waals surface area contributed by atoms with Crippen LogP contribution in [-0.4, -0.2) is 15.6 Å². The van der Waals surface area contributed by atoms with Gasteiger partial charge >= 0.3 is 0 Å². The zero-order valence-corrected chi connectivity index (χ0v) is 14.0. The third kappa shape index (κ3) is 2.60. The first-order chi connectivity index (χ1) is 11.6. The quantitative estimate of drug-likeness (QED) is 0.596. The van der Waals surface area contributed by atoms with Gasteiger partial charge in [-0.15, -0.1) is 11.3 Å². The molecule has 2 N–H and O–H groups in total. The Morgan fingerprint density at radius 2 is 2.08 bits per heavy atom. The van der Waals surface area contributed by atoms with E-state index in [0.717, 1.165) is 15.8 Å². The molecule has 0 unspecified atom stereocenters. The molecule has 0 saturated carbocycles. The number of benzene rings is 1. The summed E-state index contributed by atoms with van der Waals surface area (Å²) in [5.41, 5.74) is 7.59. The predicted octanol–water partition coefficient (Wildman–Crippen LogP) is 4.16. The molecule has 120 valence electrons. The number of carbonyl (C=O) groups is 1. The molecular weight excluding hydrogens is 346 g/mol. The Hall–Kier alpha value is -2.57. The highest BCUT2D eigenvalue weighted by molar-refractivity contribution is 7.19. The summed E-state index contributed by atoms with van der Waals surface area (Å²) in [5, 5.41) is 5.06. The first-order valence-electron chi connectivity index (χ1n) is 7.21. The lowest BCUT2D eigenvalue weighted by Gasteiger charge is -2.06. The van der Waals surface area contributed by atoms with Crippen molar-refractivity contribution in [1.29, 1.82) is 0 Å². The Labute approximate surface area is 146 Å². The van der Waals surface area contributed by atoms with Gasteiger partial charge in [0, 0.05) is 17.0 Å². The molecule has 0 aliphatic heterocycles. The monoisotopic (exact) mass is 357 g/mol. The molecule has 0 radical (unpaired) electrons. The normalized spacial score (nSPS) is 11.2. The lowest BCUT2D eigenvalue weighted by Crippen LogP contribution is -2.17. The fourth-order valence-corrected chi connectivity index (χ4v) is 3.69. The Bertz CT molecular complexity index is 1050. The van der Waals surface area contributed by atoms with Crippen LogP contribution >= 0.6 is 22.9 Å². The van der Waals surface area contributed by atoms with Crippen LogP contribution in [0, 0.1) is 0 Å². The number of hydrogen-bond donors (Lipinski definition) is 1. The standard InChI is InChI=1S/C17H12ClN3O2S/c18-16-6-5-15(24-16)14-8-11(20-23-14)9-21-12-4-2-1-3-10(12)7-13(21)17(19)22/h1-8H,9H2,(H2,19,22). The Morgan fingerprint density at radius 3 is 2.83 bits per heavy atom. The Balaban J connectivity index is 1.73. The number of primary amides is 1. The van der Waals surface area contributed by atoms with Crippen molar-refractivity contribution in [2.75, 3.05) is 0 Å². The third-order valence-electron chi connectivity index (χ3n) is 3.76. The summed E-state index contributed by atoms with van der Waals surface area (Å²) in [6, 6.07) is 15.1. The van der Waals surface area contributed by atoms with Crippen molar-refractivity contribution in [2.24, 2.45) is 5.73 Å². The van der Waals surface area contributed by atoms with Crippen molar-refractivity contribution in [3.8, 4) is 10.6 Å². The van der Waals surface area contributed by atoms with Crippen molar-refractivity contribution in [3.63, 3.8) is 0 Å². The number of thiophene rings is 1. The van der Waals surface area contributed by atoms with Gasteiger partial charge in [0.05, 0.1) is 15.8 Å². The number of halogens is 1. The topological polar surface area (TPSA) is 74.1 Å². The van der Waals surface area contributed by atoms with Crippen molar-refractivity contribution >= 4 is 39.7 Å². The van der Waals surface area contributed by atoms with Crippen LogP contribution in [0.2, 0.25) is 4.34 Å². The number of nitrogens with zero attached hydrogens (tertiary/aromatic N) is 2. The second-order valence-corrected chi connectivity index (χ2v) is 7.04. The molecule has 1 amide bonds. The molecule has 0 bridgehead atoms. The summed E-state index contributed by atoms with van der Waals surface area (Å²) in [7, 11) is 0. The van der Waals surface area contributed by atoms with E-state index in [2.05, 4.69) is 5.16 Å². The molecule has 0 aliphatic carbocycles. The molecule has 1 aromatic carbocycles. The van der Waals surface area contributed by atoms with E-state index in [1.165, 1.54) is 11.3 Å². The largest absolute Gasteiger partial charge is 0.364 e. The van der Waals surface area contributed by atoms with E-state index < -0.39 is 5.91 Å². The van der Waals surface area contributed by atoms with E-state index in [0.29, 0.717) is 28.0 Å². The number of fused-ring (bicyclic) bond motifs is 1. The lowest BCUT2D eigenvalue weighted by molar-refractivity contribution is 0.0992. The average molecular weight is 358 g/mol. The van der Waals surface area contributed by atoms with Crippen molar-refractivity contribution in [2.45, 2.75) is 6.54 Å². The van der Waals surface area contributed by atoms with Crippen molar-refractivity contribution in [1.82, 2.24) is 9.72 Å². The first kappa shape index (κ1) is 15.0. The number of nitrogens with two attached hydrogens (primary N) is 1. The van der Waals surface area contributed by atoms with Gasteiger partial charge in [0.1, 0.15) is 11.4 Å². The summed E-state index contributed by atoms with van der Waals surface area (Å²) in [4.78, 5) is 12.7. The van der Waals surface area contributed by atoms with Crippen LogP contribution in [0.15, 0.2) is 53.1 Å². The number of carbonyl (C=O) groups excluding carboxylic acids is 1. The Kier molecular flexibility index (Phi) is 3.63. The maximum Gasteiger partial charge on any atom is 0.265 e. The van der Waals surface area contributed by atoms with Crippen LogP contribution < -0.4 is 5.73 Å². The van der Waals surface area contributed by atoms with Gasteiger partial charge in [-0.25, -0.2) is 0 Å². The lowest BCUT2D eigenvalue weighted by atomic mass is 10.2. The zero-order chi connectivity index (χ0) is 16.7. The maximum atomic E-state index is 11.8. The molecule has 4 aromatic rings. The molecule has 5 nitrogen and oxygen atoms in total. The minimum absolute atomic E-state index is 0.397. The van der Waals surface area contributed by atoms with Crippen LogP contribution in [-0.2, 0) is 6.54 Å². The van der Waals surface area contributed by atoms with Gasteiger partial charge in [-0.2, -0.15) is 0 Å². The Morgan fingerprint density at radius 1 is 1.25 bits per heavy atom. The van der Waals surface area contributed by atoms with Gasteiger partial charge in [0.15, 0.2) is 5.76 Å². The molecule has 0 fully saturated rings. The minimum atomic E-state index is -0.472. The van der Waals surface area contributed by atoms with E-state index in [-0.39, 0.29) is 0 Å². The van der Waals surface area contributed by atoms with Gasteiger partial charge in [0.25, 0.3) is 5.91 Å². The van der Waals surface area contributed by atoms with Gasteiger partial charge in [-0.3, -0.25) is 4.79 Å². The molecule has 7 heteroatoms. The molecule has 0 spiro atoms. The second-order valence-electron chi connectivity index (χ2n) is 5.33. The number of amides is 1. The fourth-order valence-electron chi connectivity index (χ4n) is 2.70.